The van der Waals surface area contributed by atoms with E-state index in [-0.39, 0.29) is 0 Å². The SMILES string of the molecule is c1coc(-c2ncc3c(n2)CCN(Cc2cnco2)C3)c1. The number of hydrogen-bond acceptors (Lipinski definition) is 6. The molecule has 0 atom stereocenters. The Morgan fingerprint density at radius 1 is 1.24 bits per heavy atom. The molecule has 0 saturated heterocycles. The third kappa shape index (κ3) is 2.45. The molecule has 0 N–H and O–H groups in total. The van der Waals surface area contributed by atoms with Gasteiger partial charge in [-0.05, 0) is 12.1 Å². The molecule has 4 rings (SSSR count). The van der Waals surface area contributed by atoms with Crippen LogP contribution in [0.2, 0.25) is 0 Å². The van der Waals surface area contributed by atoms with Gasteiger partial charge in [-0.15, -0.1) is 0 Å². The summed E-state index contributed by atoms with van der Waals surface area (Å²) in [6.45, 7) is 2.54. The minimum absolute atomic E-state index is 0.655. The molecule has 0 saturated carbocycles. The lowest BCUT2D eigenvalue weighted by molar-refractivity contribution is 0.223. The monoisotopic (exact) mass is 282 g/mol. The molecule has 0 aliphatic carbocycles. The summed E-state index contributed by atoms with van der Waals surface area (Å²) in [5.74, 6) is 2.25. The number of hydrogen-bond donors (Lipinski definition) is 0. The summed E-state index contributed by atoms with van der Waals surface area (Å²) >= 11 is 0. The van der Waals surface area contributed by atoms with Crippen LogP contribution in [-0.2, 0) is 19.5 Å². The minimum Gasteiger partial charge on any atom is -0.461 e. The summed E-state index contributed by atoms with van der Waals surface area (Å²) in [4.78, 5) is 15.3. The van der Waals surface area contributed by atoms with E-state index < -0.39 is 0 Å². The Morgan fingerprint density at radius 2 is 2.24 bits per heavy atom. The zero-order valence-corrected chi connectivity index (χ0v) is 11.4. The van der Waals surface area contributed by atoms with Crippen LogP contribution < -0.4 is 0 Å². The first kappa shape index (κ1) is 12.3. The third-order valence-corrected chi connectivity index (χ3v) is 3.62. The van der Waals surface area contributed by atoms with Crippen LogP contribution in [0.3, 0.4) is 0 Å². The van der Waals surface area contributed by atoms with Gasteiger partial charge in [0.1, 0.15) is 5.76 Å². The largest absolute Gasteiger partial charge is 0.461 e. The topological polar surface area (TPSA) is 68.2 Å². The van der Waals surface area contributed by atoms with E-state index in [9.17, 15) is 0 Å². The number of oxazole rings is 1. The maximum Gasteiger partial charge on any atom is 0.195 e. The normalized spacial score (nSPS) is 15.0. The summed E-state index contributed by atoms with van der Waals surface area (Å²) < 4.78 is 10.6. The van der Waals surface area contributed by atoms with Gasteiger partial charge < -0.3 is 8.83 Å². The van der Waals surface area contributed by atoms with Crippen LogP contribution >= 0.6 is 0 Å². The minimum atomic E-state index is 0.655. The lowest BCUT2D eigenvalue weighted by Gasteiger charge is -2.26. The van der Waals surface area contributed by atoms with Gasteiger partial charge in [0, 0.05) is 31.3 Å². The Balaban J connectivity index is 1.54. The average Bonchev–Trinajstić information content (AvgIpc) is 3.20. The second kappa shape index (κ2) is 5.14. The van der Waals surface area contributed by atoms with Crippen LogP contribution in [-0.4, -0.2) is 26.4 Å². The molecule has 3 aromatic heterocycles. The molecule has 1 aliphatic heterocycles. The predicted molar refractivity (Wildman–Crippen MR) is 74.1 cm³/mol. The molecule has 0 fully saturated rings. The molecule has 0 amide bonds. The van der Waals surface area contributed by atoms with E-state index >= 15 is 0 Å². The van der Waals surface area contributed by atoms with E-state index in [1.54, 1.807) is 12.5 Å². The quantitative estimate of drug-likeness (QED) is 0.734. The van der Waals surface area contributed by atoms with Gasteiger partial charge in [0.25, 0.3) is 0 Å². The maximum atomic E-state index is 5.35. The van der Waals surface area contributed by atoms with Crippen molar-refractivity contribution in [3.05, 3.63) is 54.2 Å². The molecule has 3 aromatic rings. The zero-order chi connectivity index (χ0) is 14.1. The molecule has 0 radical (unpaired) electrons. The fraction of sp³-hybridized carbons (Fsp3) is 0.267. The lowest BCUT2D eigenvalue weighted by atomic mass is 10.1. The Bertz CT molecular complexity index is 722. The second-order valence-electron chi connectivity index (χ2n) is 5.07. The fourth-order valence-electron chi connectivity index (χ4n) is 2.57. The molecule has 0 spiro atoms. The van der Waals surface area contributed by atoms with Crippen LogP contribution in [0, 0.1) is 0 Å². The third-order valence-electron chi connectivity index (χ3n) is 3.62. The van der Waals surface area contributed by atoms with E-state index in [0.29, 0.717) is 11.6 Å². The second-order valence-corrected chi connectivity index (χ2v) is 5.07. The Kier molecular flexibility index (Phi) is 3.01. The summed E-state index contributed by atoms with van der Waals surface area (Å²) in [6, 6.07) is 3.72. The molecule has 0 bridgehead atoms. The van der Waals surface area contributed by atoms with Crippen molar-refractivity contribution in [3.63, 3.8) is 0 Å². The van der Waals surface area contributed by atoms with Crippen molar-refractivity contribution >= 4 is 0 Å². The molecule has 21 heavy (non-hydrogen) atoms. The van der Waals surface area contributed by atoms with Crippen LogP contribution in [0.25, 0.3) is 11.6 Å². The van der Waals surface area contributed by atoms with Crippen LogP contribution in [0.1, 0.15) is 17.0 Å². The van der Waals surface area contributed by atoms with Crippen molar-refractivity contribution in [1.82, 2.24) is 19.9 Å². The summed E-state index contributed by atoms with van der Waals surface area (Å²) in [5.41, 5.74) is 2.27. The van der Waals surface area contributed by atoms with Crippen molar-refractivity contribution in [2.45, 2.75) is 19.5 Å². The lowest BCUT2D eigenvalue weighted by Crippen LogP contribution is -2.30. The summed E-state index contributed by atoms with van der Waals surface area (Å²) in [7, 11) is 0. The van der Waals surface area contributed by atoms with Gasteiger partial charge in [0.15, 0.2) is 18.0 Å². The average molecular weight is 282 g/mol. The number of furan rings is 1. The molecule has 6 heteroatoms. The summed E-state index contributed by atoms with van der Waals surface area (Å²) in [5, 5.41) is 0. The zero-order valence-electron chi connectivity index (χ0n) is 11.4. The van der Waals surface area contributed by atoms with Crippen LogP contribution in [0.4, 0.5) is 0 Å². The first-order valence-electron chi connectivity index (χ1n) is 6.87. The summed E-state index contributed by atoms with van der Waals surface area (Å²) in [6.07, 6.45) is 7.65. The molecular weight excluding hydrogens is 268 g/mol. The van der Waals surface area contributed by atoms with Crippen molar-refractivity contribution in [2.75, 3.05) is 6.54 Å². The van der Waals surface area contributed by atoms with Crippen LogP contribution in [0.15, 0.2) is 46.0 Å². The van der Waals surface area contributed by atoms with Gasteiger partial charge in [-0.1, -0.05) is 0 Å². The number of fused-ring (bicyclic) bond motifs is 1. The highest BCUT2D eigenvalue weighted by molar-refractivity contribution is 5.46. The molecule has 4 heterocycles. The first-order valence-corrected chi connectivity index (χ1v) is 6.87. The van der Waals surface area contributed by atoms with E-state index in [1.165, 1.54) is 6.39 Å². The molecule has 1 aliphatic rings. The maximum absolute atomic E-state index is 5.35. The highest BCUT2D eigenvalue weighted by Crippen LogP contribution is 2.22. The van der Waals surface area contributed by atoms with E-state index in [2.05, 4.69) is 19.9 Å². The highest BCUT2D eigenvalue weighted by Gasteiger charge is 2.20. The molecule has 0 unspecified atom stereocenters. The Morgan fingerprint density at radius 3 is 3.05 bits per heavy atom. The molecular formula is C15H14N4O2. The molecule has 6 nitrogen and oxygen atoms in total. The van der Waals surface area contributed by atoms with Gasteiger partial charge in [-0.25, -0.2) is 15.0 Å². The van der Waals surface area contributed by atoms with Crippen molar-refractivity contribution in [1.29, 1.82) is 0 Å². The number of aromatic nitrogens is 3. The number of rotatable bonds is 3. The van der Waals surface area contributed by atoms with Gasteiger partial charge >= 0.3 is 0 Å². The van der Waals surface area contributed by atoms with Gasteiger partial charge in [0.05, 0.1) is 24.7 Å². The predicted octanol–water partition coefficient (Wildman–Crippen LogP) is 2.28. The van der Waals surface area contributed by atoms with Crippen molar-refractivity contribution in [2.24, 2.45) is 0 Å². The van der Waals surface area contributed by atoms with Crippen molar-refractivity contribution < 1.29 is 8.83 Å². The van der Waals surface area contributed by atoms with Gasteiger partial charge in [-0.2, -0.15) is 0 Å². The molecule has 106 valence electrons. The highest BCUT2D eigenvalue weighted by atomic mass is 16.3. The van der Waals surface area contributed by atoms with E-state index in [0.717, 1.165) is 43.1 Å². The Labute approximate surface area is 121 Å². The Hall–Kier alpha value is -2.47. The fourth-order valence-corrected chi connectivity index (χ4v) is 2.57. The van der Waals surface area contributed by atoms with Crippen molar-refractivity contribution in [3.8, 4) is 11.6 Å². The van der Waals surface area contributed by atoms with Gasteiger partial charge in [0.2, 0.25) is 0 Å². The van der Waals surface area contributed by atoms with E-state index in [4.69, 9.17) is 8.83 Å². The van der Waals surface area contributed by atoms with Crippen LogP contribution in [0.5, 0.6) is 0 Å². The van der Waals surface area contributed by atoms with Gasteiger partial charge in [-0.3, -0.25) is 4.90 Å². The smallest absolute Gasteiger partial charge is 0.195 e. The van der Waals surface area contributed by atoms with E-state index in [1.807, 2.05) is 18.3 Å². The standard InChI is InChI=1S/C15H14N4O2/c1-2-14(20-5-1)15-17-6-11-8-19(4-3-13(11)18-15)9-12-7-16-10-21-12/h1-2,5-7,10H,3-4,8-9H2. The first-order chi connectivity index (χ1) is 10.4. The molecule has 0 aromatic carbocycles. The number of nitrogens with zero attached hydrogens (tertiary/aromatic N) is 4.